The number of hydrogen-bond donors (Lipinski definition) is 0. The molecule has 0 spiro atoms. The topological polar surface area (TPSA) is 9.23 Å². The van der Waals surface area contributed by atoms with Gasteiger partial charge >= 0.3 is 0 Å². The molecule has 58 valence electrons. The molecule has 1 saturated heterocycles. The van der Waals surface area contributed by atoms with Gasteiger partial charge in [0.25, 0.3) is 6.92 Å². The molecule has 0 radical (unpaired) electrons. The van der Waals surface area contributed by atoms with Gasteiger partial charge in [-0.15, -0.1) is 0 Å². The van der Waals surface area contributed by atoms with Crippen LogP contribution in [0.3, 0.4) is 0 Å². The first-order valence-electron chi connectivity index (χ1n) is 4.17. The van der Waals surface area contributed by atoms with Crippen LogP contribution in [0.5, 0.6) is 0 Å². The molecule has 0 unspecified atom stereocenters. The van der Waals surface area contributed by atoms with Crippen molar-refractivity contribution < 1.29 is 4.65 Å². The zero-order valence-electron chi connectivity index (χ0n) is 7.31. The van der Waals surface area contributed by atoms with Crippen LogP contribution in [-0.2, 0) is 4.65 Å². The van der Waals surface area contributed by atoms with Crippen molar-refractivity contribution in [3.63, 3.8) is 0 Å². The Labute approximate surface area is 65.3 Å². The van der Waals surface area contributed by atoms with E-state index in [-0.39, 0.29) is 0 Å². The molecule has 1 aliphatic rings. The first-order valence-corrected chi connectivity index (χ1v) is 7.58. The second-order valence-corrected chi connectivity index (χ2v) is 9.43. The predicted octanol–water partition coefficient (Wildman–Crippen LogP) is 2.35. The zero-order chi connectivity index (χ0) is 7.61. The Morgan fingerprint density at radius 2 is 1.70 bits per heavy atom. The molecule has 0 amide bonds. The molecule has 0 aromatic rings. The van der Waals surface area contributed by atoms with E-state index in [0.717, 1.165) is 0 Å². The van der Waals surface area contributed by atoms with Crippen molar-refractivity contribution in [2.45, 2.75) is 37.8 Å². The van der Waals surface area contributed by atoms with E-state index in [1.54, 1.807) is 0 Å². The minimum atomic E-state index is -0.729. The van der Waals surface area contributed by atoms with E-state index in [1.807, 2.05) is 7.11 Å². The molecule has 0 saturated carbocycles. The molecule has 0 aromatic heterocycles. The van der Waals surface area contributed by atoms with E-state index in [2.05, 4.69) is 13.1 Å². The molecule has 0 aliphatic carbocycles. The van der Waals surface area contributed by atoms with Crippen molar-refractivity contribution in [2.75, 3.05) is 7.11 Å². The van der Waals surface area contributed by atoms with Crippen LogP contribution >= 0.6 is 0 Å². The lowest BCUT2D eigenvalue weighted by Crippen LogP contribution is -2.34. The van der Waals surface area contributed by atoms with Gasteiger partial charge in [0.15, 0.2) is 0 Å². The summed E-state index contributed by atoms with van der Waals surface area (Å²) in [6.07, 6.45) is 2.63. The van der Waals surface area contributed by atoms with Gasteiger partial charge in [-0.05, 0) is 12.6 Å². The summed E-state index contributed by atoms with van der Waals surface area (Å²) in [4.78, 5) is 0. The Balaban J connectivity index is 2.31. The second-order valence-electron chi connectivity index (χ2n) is 4.10. The lowest BCUT2D eigenvalue weighted by Gasteiger charge is -2.29. The van der Waals surface area contributed by atoms with Gasteiger partial charge in [-0.25, -0.2) is 0 Å². The van der Waals surface area contributed by atoms with Gasteiger partial charge in [0.2, 0.25) is 0 Å². The summed E-state index contributed by atoms with van der Waals surface area (Å²) in [5.41, 5.74) is 0. The number of hydrogen-bond acceptors (Lipinski definition) is 1. The molecule has 10 heavy (non-hydrogen) atoms. The Morgan fingerprint density at radius 1 is 1.20 bits per heavy atom. The summed E-state index contributed by atoms with van der Waals surface area (Å²) in [5, 5.41) is 0. The molecule has 1 fully saturated rings. The fourth-order valence-corrected chi connectivity index (χ4v) is 4.07. The SMILES string of the molecule is COB1CC[Si](C)(C)CC1. The third-order valence-electron chi connectivity index (χ3n) is 2.62. The molecule has 1 nitrogen and oxygen atoms in total. The molecular formula is C7H17BOSi. The summed E-state index contributed by atoms with van der Waals surface area (Å²) >= 11 is 0. The van der Waals surface area contributed by atoms with Crippen molar-refractivity contribution in [2.24, 2.45) is 0 Å². The van der Waals surface area contributed by atoms with Crippen LogP contribution in [0, 0.1) is 0 Å². The van der Waals surface area contributed by atoms with Crippen LogP contribution in [0.4, 0.5) is 0 Å². The van der Waals surface area contributed by atoms with Crippen LogP contribution in [0.15, 0.2) is 0 Å². The lowest BCUT2D eigenvalue weighted by molar-refractivity contribution is 0.418. The van der Waals surface area contributed by atoms with Crippen LogP contribution in [0.1, 0.15) is 0 Å². The zero-order valence-corrected chi connectivity index (χ0v) is 8.31. The fraction of sp³-hybridized carbons (Fsp3) is 1.00. The summed E-state index contributed by atoms with van der Waals surface area (Å²) in [6.45, 7) is 5.55. The van der Waals surface area contributed by atoms with Crippen molar-refractivity contribution in [1.82, 2.24) is 0 Å². The van der Waals surface area contributed by atoms with E-state index in [4.69, 9.17) is 4.65 Å². The van der Waals surface area contributed by atoms with Crippen LogP contribution in [0.2, 0.25) is 37.8 Å². The maximum absolute atomic E-state index is 5.31. The van der Waals surface area contributed by atoms with Gasteiger partial charge in [0.1, 0.15) is 0 Å². The van der Waals surface area contributed by atoms with Crippen LogP contribution in [-0.4, -0.2) is 22.1 Å². The van der Waals surface area contributed by atoms with E-state index >= 15 is 0 Å². The van der Waals surface area contributed by atoms with Gasteiger partial charge in [0.05, 0.1) is 0 Å². The summed E-state index contributed by atoms with van der Waals surface area (Å²) in [6, 6.07) is 2.93. The van der Waals surface area contributed by atoms with Crippen molar-refractivity contribution in [1.29, 1.82) is 0 Å². The molecule has 3 heteroatoms. The van der Waals surface area contributed by atoms with E-state index in [9.17, 15) is 0 Å². The molecule has 1 aliphatic heterocycles. The second kappa shape index (κ2) is 3.10. The molecule has 0 bridgehead atoms. The smallest absolute Gasteiger partial charge is 0.292 e. The van der Waals surface area contributed by atoms with Gasteiger partial charge in [0, 0.05) is 15.2 Å². The largest absolute Gasteiger partial charge is 0.439 e. The maximum atomic E-state index is 5.31. The van der Waals surface area contributed by atoms with Crippen LogP contribution in [0.25, 0.3) is 0 Å². The highest BCUT2D eigenvalue weighted by molar-refractivity contribution is 6.81. The Hall–Kier alpha value is 0.242. The van der Waals surface area contributed by atoms with Gasteiger partial charge in [-0.3, -0.25) is 0 Å². The fourth-order valence-electron chi connectivity index (χ4n) is 1.61. The molecule has 1 rings (SSSR count). The molecule has 1 heterocycles. The summed E-state index contributed by atoms with van der Waals surface area (Å²) in [5.74, 6) is 0. The van der Waals surface area contributed by atoms with Crippen LogP contribution < -0.4 is 0 Å². The molecule has 0 atom stereocenters. The number of rotatable bonds is 1. The summed E-state index contributed by atoms with van der Waals surface area (Å²) < 4.78 is 5.31. The standard InChI is InChI=1S/C7H17BOSi/c1-9-8-4-6-10(2,3)7-5-8/h4-7H2,1-3H3. The molecular weight excluding hydrogens is 139 g/mol. The minimum absolute atomic E-state index is 0.584. The Morgan fingerprint density at radius 3 is 2.10 bits per heavy atom. The maximum Gasteiger partial charge on any atom is 0.292 e. The highest BCUT2D eigenvalue weighted by Gasteiger charge is 2.30. The summed E-state index contributed by atoms with van der Waals surface area (Å²) in [7, 11) is 1.11. The molecule has 0 aromatic carbocycles. The highest BCUT2D eigenvalue weighted by Crippen LogP contribution is 2.29. The van der Waals surface area contributed by atoms with E-state index in [0.29, 0.717) is 6.92 Å². The first-order chi connectivity index (χ1) is 4.64. The average Bonchev–Trinajstić information content (AvgIpc) is 1.88. The quantitative estimate of drug-likeness (QED) is 0.529. The average molecular weight is 156 g/mol. The normalized spacial score (nSPS) is 24.9. The monoisotopic (exact) mass is 156 g/mol. The predicted molar refractivity (Wildman–Crippen MR) is 49.5 cm³/mol. The van der Waals surface area contributed by atoms with Gasteiger partial charge in [-0.1, -0.05) is 25.2 Å². The third-order valence-corrected chi connectivity index (χ3v) is 5.90. The highest BCUT2D eigenvalue weighted by atomic mass is 28.3. The lowest BCUT2D eigenvalue weighted by atomic mass is 9.62. The minimum Gasteiger partial charge on any atom is -0.439 e. The van der Waals surface area contributed by atoms with Crippen molar-refractivity contribution >= 4 is 15.0 Å². The first kappa shape index (κ1) is 8.34. The Bertz CT molecular complexity index is 106. The third kappa shape index (κ3) is 2.13. The van der Waals surface area contributed by atoms with Crippen molar-refractivity contribution in [3.05, 3.63) is 0 Å². The van der Waals surface area contributed by atoms with Gasteiger partial charge in [-0.2, -0.15) is 0 Å². The van der Waals surface area contributed by atoms with Gasteiger partial charge < -0.3 is 4.65 Å². The van der Waals surface area contributed by atoms with E-state index in [1.165, 1.54) is 24.7 Å². The van der Waals surface area contributed by atoms with Crippen molar-refractivity contribution in [3.8, 4) is 0 Å². The Kier molecular flexibility index (Phi) is 2.58. The molecule has 0 N–H and O–H groups in total. The van der Waals surface area contributed by atoms with E-state index < -0.39 is 8.07 Å².